The summed E-state index contributed by atoms with van der Waals surface area (Å²) in [6.07, 6.45) is -7.13. The monoisotopic (exact) mass is 343 g/mol. The van der Waals surface area contributed by atoms with E-state index in [-0.39, 0.29) is 5.75 Å². The average molecular weight is 343 g/mol. The van der Waals surface area contributed by atoms with Crippen LogP contribution >= 0.6 is 0 Å². The van der Waals surface area contributed by atoms with Gasteiger partial charge in [0.05, 0.1) is 12.8 Å². The molecule has 24 heavy (non-hydrogen) atoms. The Morgan fingerprint density at radius 2 is 1.71 bits per heavy atom. The van der Waals surface area contributed by atoms with E-state index in [1.165, 1.54) is 31.5 Å². The molecule has 1 N–H and O–H groups in total. The van der Waals surface area contributed by atoms with Crippen molar-refractivity contribution in [2.24, 2.45) is 4.99 Å². The fourth-order valence-electron chi connectivity index (χ4n) is 1.71. The van der Waals surface area contributed by atoms with Gasteiger partial charge in [-0.15, -0.1) is 0 Å². The van der Waals surface area contributed by atoms with Gasteiger partial charge in [-0.1, -0.05) is 0 Å². The molecule has 0 heterocycles. The van der Waals surface area contributed by atoms with Gasteiger partial charge in [-0.2, -0.15) is 17.6 Å². The largest absolute Gasteiger partial charge is 0.507 e. The Morgan fingerprint density at radius 1 is 1.08 bits per heavy atom. The number of phenolic OH excluding ortho intramolecular Hbond substituents is 1. The van der Waals surface area contributed by atoms with Crippen LogP contribution in [0.4, 0.5) is 23.2 Å². The number of alkyl halides is 4. The van der Waals surface area contributed by atoms with Gasteiger partial charge in [-0.3, -0.25) is 4.99 Å². The van der Waals surface area contributed by atoms with E-state index in [1.54, 1.807) is 12.1 Å². The summed E-state index contributed by atoms with van der Waals surface area (Å²) in [5, 5.41) is 9.71. The predicted octanol–water partition coefficient (Wildman–Crippen LogP) is 4.39. The Kier molecular flexibility index (Phi) is 5.28. The molecule has 0 fully saturated rings. The first-order chi connectivity index (χ1) is 11.3. The molecule has 0 saturated carbocycles. The Balaban J connectivity index is 2.12. The van der Waals surface area contributed by atoms with E-state index in [9.17, 15) is 22.7 Å². The molecule has 0 aromatic heterocycles. The van der Waals surface area contributed by atoms with Crippen LogP contribution < -0.4 is 9.47 Å². The van der Waals surface area contributed by atoms with Crippen molar-refractivity contribution in [1.29, 1.82) is 0 Å². The fraction of sp³-hybridized carbons (Fsp3) is 0.188. The van der Waals surface area contributed by atoms with Crippen LogP contribution in [0.5, 0.6) is 17.2 Å². The lowest BCUT2D eigenvalue weighted by Crippen LogP contribution is -2.33. The number of benzene rings is 2. The van der Waals surface area contributed by atoms with Crippen molar-refractivity contribution in [2.75, 3.05) is 7.11 Å². The molecule has 128 valence electrons. The summed E-state index contributed by atoms with van der Waals surface area (Å²) in [5.41, 5.74) is 0.740. The van der Waals surface area contributed by atoms with Crippen molar-refractivity contribution < 1.29 is 32.1 Å². The minimum absolute atomic E-state index is 0.0175. The first kappa shape index (κ1) is 17.6. The number of halogens is 4. The Morgan fingerprint density at radius 3 is 2.29 bits per heavy atom. The van der Waals surface area contributed by atoms with Crippen LogP contribution in [0.25, 0.3) is 0 Å². The van der Waals surface area contributed by atoms with Crippen LogP contribution in [0.1, 0.15) is 5.56 Å². The molecule has 2 aromatic rings. The topological polar surface area (TPSA) is 51.0 Å². The highest BCUT2D eigenvalue weighted by Gasteiger charge is 2.43. The SMILES string of the molecule is COc1ccc(O)c(C=Nc2ccc(OC(F)(F)C(F)F)cc2)c1. The molecule has 4 nitrogen and oxygen atoms in total. The molecule has 8 heteroatoms. The van der Waals surface area contributed by atoms with E-state index >= 15 is 0 Å². The van der Waals surface area contributed by atoms with Crippen molar-refractivity contribution in [2.45, 2.75) is 12.5 Å². The van der Waals surface area contributed by atoms with Crippen LogP contribution in [0.15, 0.2) is 47.5 Å². The zero-order chi connectivity index (χ0) is 17.7. The summed E-state index contributed by atoms with van der Waals surface area (Å²) in [6.45, 7) is 0. The fourth-order valence-corrected chi connectivity index (χ4v) is 1.71. The van der Waals surface area contributed by atoms with Gasteiger partial charge < -0.3 is 14.6 Å². The van der Waals surface area contributed by atoms with E-state index in [0.717, 1.165) is 12.1 Å². The minimum atomic E-state index is -4.56. The third kappa shape index (κ3) is 4.37. The zero-order valence-corrected chi connectivity index (χ0v) is 12.4. The molecule has 0 aliphatic heterocycles. The van der Waals surface area contributed by atoms with Crippen LogP contribution in [-0.2, 0) is 0 Å². The van der Waals surface area contributed by atoms with Gasteiger partial charge in [0.25, 0.3) is 0 Å². The maximum absolute atomic E-state index is 12.8. The van der Waals surface area contributed by atoms with E-state index in [4.69, 9.17) is 4.74 Å². The average Bonchev–Trinajstić information content (AvgIpc) is 2.55. The molecule has 2 aromatic carbocycles. The highest BCUT2D eigenvalue weighted by Crippen LogP contribution is 2.29. The van der Waals surface area contributed by atoms with Crippen molar-refractivity contribution in [1.82, 2.24) is 0 Å². The normalized spacial score (nSPS) is 11.9. The number of rotatable bonds is 6. The second-order valence-electron chi connectivity index (χ2n) is 4.64. The number of hydrogen-bond acceptors (Lipinski definition) is 4. The Hall–Kier alpha value is -2.77. The summed E-state index contributed by atoms with van der Waals surface area (Å²) >= 11 is 0. The molecular formula is C16H13F4NO3. The Labute approximate surface area is 135 Å². The van der Waals surface area contributed by atoms with Crippen molar-refractivity contribution in [3.8, 4) is 17.2 Å². The lowest BCUT2D eigenvalue weighted by Gasteiger charge is -2.16. The third-order valence-corrected chi connectivity index (χ3v) is 2.93. The molecular weight excluding hydrogens is 330 g/mol. The number of aliphatic imine (C=N–C) groups is 1. The number of methoxy groups -OCH3 is 1. The van der Waals surface area contributed by atoms with Gasteiger partial charge in [0.15, 0.2) is 0 Å². The highest BCUT2D eigenvalue weighted by molar-refractivity contribution is 5.85. The number of nitrogens with zero attached hydrogens (tertiary/aromatic N) is 1. The van der Waals surface area contributed by atoms with Gasteiger partial charge in [0.2, 0.25) is 0 Å². The molecule has 0 unspecified atom stereocenters. The lowest BCUT2D eigenvalue weighted by atomic mass is 10.2. The predicted molar refractivity (Wildman–Crippen MR) is 79.9 cm³/mol. The van der Waals surface area contributed by atoms with Gasteiger partial charge in [-0.25, -0.2) is 0 Å². The molecule has 0 aliphatic rings. The van der Waals surface area contributed by atoms with Crippen LogP contribution in [0.3, 0.4) is 0 Å². The number of phenols is 1. The number of aromatic hydroxyl groups is 1. The quantitative estimate of drug-likeness (QED) is 0.625. The van der Waals surface area contributed by atoms with E-state index in [2.05, 4.69) is 9.73 Å². The molecule has 0 amide bonds. The van der Waals surface area contributed by atoms with Crippen LogP contribution in [-0.4, -0.2) is 31.0 Å². The van der Waals surface area contributed by atoms with Crippen LogP contribution in [0.2, 0.25) is 0 Å². The first-order valence-corrected chi connectivity index (χ1v) is 6.68. The summed E-state index contributed by atoms with van der Waals surface area (Å²) in [6, 6.07) is 9.36. The van der Waals surface area contributed by atoms with Gasteiger partial charge in [0, 0.05) is 11.8 Å². The summed E-state index contributed by atoms with van der Waals surface area (Å²) in [4.78, 5) is 4.05. The number of ether oxygens (including phenoxy) is 2. The molecule has 2 rings (SSSR count). The van der Waals surface area contributed by atoms with Gasteiger partial charge in [0.1, 0.15) is 17.2 Å². The molecule has 0 saturated heterocycles. The summed E-state index contributed by atoms with van der Waals surface area (Å²) in [5.74, 6) is 0.0896. The molecule has 0 radical (unpaired) electrons. The van der Waals surface area contributed by atoms with Gasteiger partial charge >= 0.3 is 12.5 Å². The van der Waals surface area contributed by atoms with Crippen molar-refractivity contribution in [3.05, 3.63) is 48.0 Å². The molecule has 0 bridgehead atoms. The minimum Gasteiger partial charge on any atom is -0.507 e. The Bertz CT molecular complexity index is 718. The van der Waals surface area contributed by atoms with E-state index < -0.39 is 18.3 Å². The third-order valence-electron chi connectivity index (χ3n) is 2.93. The standard InChI is InChI=1S/C16H13F4NO3/c1-23-13-6-7-14(22)10(8-13)9-21-11-2-4-12(5-3-11)24-16(19,20)15(17)18/h2-9,15,22H,1H3. The maximum atomic E-state index is 12.8. The molecule has 0 spiro atoms. The molecule has 0 atom stereocenters. The summed E-state index contributed by atoms with van der Waals surface area (Å²) < 4.78 is 58.6. The number of hydrogen-bond donors (Lipinski definition) is 1. The molecule has 0 aliphatic carbocycles. The van der Waals surface area contributed by atoms with Crippen molar-refractivity contribution >= 4 is 11.9 Å². The second kappa shape index (κ2) is 7.20. The first-order valence-electron chi connectivity index (χ1n) is 6.68. The second-order valence-corrected chi connectivity index (χ2v) is 4.64. The summed E-state index contributed by atoms with van der Waals surface area (Å²) in [7, 11) is 1.47. The van der Waals surface area contributed by atoms with Crippen LogP contribution in [0, 0.1) is 0 Å². The van der Waals surface area contributed by atoms with E-state index in [0.29, 0.717) is 17.0 Å². The van der Waals surface area contributed by atoms with E-state index in [1.807, 2.05) is 0 Å². The lowest BCUT2D eigenvalue weighted by molar-refractivity contribution is -0.253. The van der Waals surface area contributed by atoms with Crippen molar-refractivity contribution in [3.63, 3.8) is 0 Å². The zero-order valence-electron chi connectivity index (χ0n) is 12.4. The maximum Gasteiger partial charge on any atom is 0.461 e. The van der Waals surface area contributed by atoms with Gasteiger partial charge in [-0.05, 0) is 42.5 Å². The highest BCUT2D eigenvalue weighted by atomic mass is 19.3. The smallest absolute Gasteiger partial charge is 0.461 e.